The Morgan fingerprint density at radius 2 is 2.00 bits per heavy atom. The van der Waals surface area contributed by atoms with Crippen LogP contribution in [-0.4, -0.2) is 74.1 Å². The highest BCUT2D eigenvalue weighted by atomic mass is 19.1. The van der Waals surface area contributed by atoms with Gasteiger partial charge in [0.2, 0.25) is 0 Å². The summed E-state index contributed by atoms with van der Waals surface area (Å²) in [6.07, 6.45) is 4.09. The van der Waals surface area contributed by atoms with E-state index in [9.17, 15) is 4.39 Å². The molecular weight excluding hydrogens is 243 g/mol. The topological polar surface area (TPSA) is 35.7 Å². The minimum atomic E-state index is -0.162. The van der Waals surface area contributed by atoms with Gasteiger partial charge in [-0.1, -0.05) is 6.08 Å². The third-order valence-electron chi connectivity index (χ3n) is 3.77. The van der Waals surface area contributed by atoms with Crippen molar-refractivity contribution in [1.29, 1.82) is 0 Å². The fourth-order valence-electron chi connectivity index (χ4n) is 2.52. The number of likely N-dealkylation sites (N-methyl/N-ethyl adjacent to an activating group) is 1. The van der Waals surface area contributed by atoms with E-state index in [1.807, 2.05) is 12.2 Å². The number of nitrogens with two attached hydrogens (primary N) is 1. The molecule has 2 rings (SSSR count). The van der Waals surface area contributed by atoms with Crippen molar-refractivity contribution in [3.05, 3.63) is 23.7 Å². The van der Waals surface area contributed by atoms with Gasteiger partial charge in [0.25, 0.3) is 0 Å². The van der Waals surface area contributed by atoms with E-state index in [0.29, 0.717) is 6.42 Å². The first-order valence-electron chi connectivity index (χ1n) is 7.00. The summed E-state index contributed by atoms with van der Waals surface area (Å²) in [5.41, 5.74) is 6.46. The van der Waals surface area contributed by atoms with Crippen molar-refractivity contribution in [1.82, 2.24) is 14.7 Å². The summed E-state index contributed by atoms with van der Waals surface area (Å²) in [6.45, 7) is 5.97. The van der Waals surface area contributed by atoms with Gasteiger partial charge in [0.15, 0.2) is 0 Å². The maximum absolute atomic E-state index is 13.9. The lowest BCUT2D eigenvalue weighted by Crippen LogP contribution is -2.47. The van der Waals surface area contributed by atoms with Gasteiger partial charge in [-0.25, -0.2) is 4.39 Å². The van der Waals surface area contributed by atoms with Gasteiger partial charge < -0.3 is 15.5 Å². The number of allylic oxidation sites excluding steroid dienone is 1. The maximum Gasteiger partial charge on any atom is 0.125 e. The molecule has 0 bridgehead atoms. The first-order valence-corrected chi connectivity index (χ1v) is 7.00. The average Bonchev–Trinajstić information content (AvgIpc) is 2.37. The van der Waals surface area contributed by atoms with Crippen molar-refractivity contribution >= 4 is 0 Å². The van der Waals surface area contributed by atoms with Crippen LogP contribution in [0.1, 0.15) is 6.42 Å². The van der Waals surface area contributed by atoms with Crippen LogP contribution in [0.2, 0.25) is 0 Å². The van der Waals surface area contributed by atoms with E-state index in [1.54, 1.807) is 0 Å². The molecule has 0 amide bonds. The minimum Gasteiger partial charge on any atom is -0.367 e. The third-order valence-corrected chi connectivity index (χ3v) is 3.77. The first-order chi connectivity index (χ1) is 9.06. The van der Waals surface area contributed by atoms with Crippen molar-refractivity contribution in [3.63, 3.8) is 0 Å². The van der Waals surface area contributed by atoms with E-state index in [-0.39, 0.29) is 11.9 Å². The molecule has 0 spiro atoms. The van der Waals surface area contributed by atoms with Crippen LogP contribution in [0.5, 0.6) is 0 Å². The van der Waals surface area contributed by atoms with Crippen molar-refractivity contribution < 1.29 is 4.39 Å². The minimum absolute atomic E-state index is 0.0586. The molecule has 1 saturated heterocycles. The molecule has 2 N–H and O–H groups in total. The molecule has 0 saturated carbocycles. The molecular formula is C14H25FN4. The zero-order chi connectivity index (χ0) is 13.8. The fourth-order valence-corrected chi connectivity index (χ4v) is 2.52. The van der Waals surface area contributed by atoms with Gasteiger partial charge in [-0.3, -0.25) is 4.90 Å². The molecule has 1 fully saturated rings. The van der Waals surface area contributed by atoms with Crippen LogP contribution in [0.4, 0.5) is 4.39 Å². The first kappa shape index (κ1) is 14.5. The second kappa shape index (κ2) is 6.50. The molecule has 1 atom stereocenters. The lowest BCUT2D eigenvalue weighted by molar-refractivity contribution is 0.148. The molecule has 1 heterocycles. The second-order valence-electron chi connectivity index (χ2n) is 5.65. The zero-order valence-electron chi connectivity index (χ0n) is 12.0. The summed E-state index contributed by atoms with van der Waals surface area (Å²) >= 11 is 0. The molecule has 5 heteroatoms. The van der Waals surface area contributed by atoms with Gasteiger partial charge in [0.1, 0.15) is 5.83 Å². The molecule has 4 nitrogen and oxygen atoms in total. The SMILES string of the molecule is CN(C)CCN1CCN(C2=C(F)CC(N)C=C2)CC1. The number of halogens is 1. The number of nitrogens with zero attached hydrogens (tertiary/aromatic N) is 3. The van der Waals surface area contributed by atoms with E-state index < -0.39 is 0 Å². The summed E-state index contributed by atoms with van der Waals surface area (Å²) in [7, 11) is 4.18. The van der Waals surface area contributed by atoms with Gasteiger partial charge in [-0.05, 0) is 20.2 Å². The normalized spacial score (nSPS) is 25.5. The van der Waals surface area contributed by atoms with E-state index >= 15 is 0 Å². The summed E-state index contributed by atoms with van der Waals surface area (Å²) in [5.74, 6) is -0.0586. The number of rotatable bonds is 4. The maximum atomic E-state index is 13.9. The fraction of sp³-hybridized carbons (Fsp3) is 0.714. The van der Waals surface area contributed by atoms with Crippen LogP contribution >= 0.6 is 0 Å². The molecule has 19 heavy (non-hydrogen) atoms. The molecule has 0 aromatic rings. The molecule has 2 aliphatic rings. The molecule has 1 unspecified atom stereocenters. The van der Waals surface area contributed by atoms with Crippen LogP contribution in [0.15, 0.2) is 23.7 Å². The Morgan fingerprint density at radius 1 is 1.32 bits per heavy atom. The highest BCUT2D eigenvalue weighted by Crippen LogP contribution is 2.23. The van der Waals surface area contributed by atoms with Crippen molar-refractivity contribution in [2.24, 2.45) is 5.73 Å². The monoisotopic (exact) mass is 268 g/mol. The van der Waals surface area contributed by atoms with E-state index in [2.05, 4.69) is 28.8 Å². The van der Waals surface area contributed by atoms with Gasteiger partial charge >= 0.3 is 0 Å². The molecule has 1 aliphatic heterocycles. The largest absolute Gasteiger partial charge is 0.367 e. The number of piperazine rings is 1. The Labute approximate surface area is 115 Å². The Balaban J connectivity index is 1.83. The van der Waals surface area contributed by atoms with E-state index in [0.717, 1.165) is 45.0 Å². The Morgan fingerprint density at radius 3 is 2.58 bits per heavy atom. The Kier molecular flexibility index (Phi) is 4.96. The lowest BCUT2D eigenvalue weighted by Gasteiger charge is -2.37. The van der Waals surface area contributed by atoms with Crippen molar-refractivity contribution in [2.45, 2.75) is 12.5 Å². The molecule has 1 aliphatic carbocycles. The smallest absolute Gasteiger partial charge is 0.125 e. The third kappa shape index (κ3) is 4.03. The number of hydrogen-bond acceptors (Lipinski definition) is 4. The highest BCUT2D eigenvalue weighted by molar-refractivity contribution is 5.28. The summed E-state index contributed by atoms with van der Waals surface area (Å²) < 4.78 is 13.9. The van der Waals surface area contributed by atoms with Crippen LogP contribution in [0.25, 0.3) is 0 Å². The Hall–Kier alpha value is -0.910. The molecule has 0 radical (unpaired) electrons. The molecule has 0 aromatic carbocycles. The van der Waals surface area contributed by atoms with Crippen LogP contribution in [0, 0.1) is 0 Å². The zero-order valence-corrected chi connectivity index (χ0v) is 12.0. The molecule has 108 valence electrons. The van der Waals surface area contributed by atoms with Gasteiger partial charge in [-0.15, -0.1) is 0 Å². The van der Waals surface area contributed by atoms with Crippen molar-refractivity contribution in [3.8, 4) is 0 Å². The summed E-state index contributed by atoms with van der Waals surface area (Å²) in [5, 5.41) is 0. The predicted molar refractivity (Wildman–Crippen MR) is 76.4 cm³/mol. The predicted octanol–water partition coefficient (Wildman–Crippen LogP) is 0.634. The van der Waals surface area contributed by atoms with Crippen molar-refractivity contribution in [2.75, 3.05) is 53.4 Å². The van der Waals surface area contributed by atoms with Gasteiger partial charge in [0.05, 0.1) is 5.70 Å². The summed E-state index contributed by atoms with van der Waals surface area (Å²) in [6, 6.07) is -0.162. The Bertz CT molecular complexity index is 356. The average molecular weight is 268 g/mol. The second-order valence-corrected chi connectivity index (χ2v) is 5.65. The van der Waals surface area contributed by atoms with Gasteiger partial charge in [0, 0.05) is 51.7 Å². The number of hydrogen-bond donors (Lipinski definition) is 1. The van der Waals surface area contributed by atoms with Gasteiger partial charge in [-0.2, -0.15) is 0 Å². The van der Waals surface area contributed by atoms with E-state index in [1.165, 1.54) is 0 Å². The molecule has 0 aromatic heterocycles. The van der Waals surface area contributed by atoms with Crippen LogP contribution in [0.3, 0.4) is 0 Å². The van der Waals surface area contributed by atoms with Crippen LogP contribution < -0.4 is 5.73 Å². The van der Waals surface area contributed by atoms with E-state index in [4.69, 9.17) is 5.73 Å². The summed E-state index contributed by atoms with van der Waals surface area (Å²) in [4.78, 5) is 6.77. The lowest BCUT2D eigenvalue weighted by atomic mass is 10.1. The van der Waals surface area contributed by atoms with Crippen LogP contribution in [-0.2, 0) is 0 Å². The standard InChI is InChI=1S/C14H25FN4/c1-17(2)5-6-18-7-9-19(10-8-18)14-4-3-12(16)11-13(14)15/h3-4,12H,5-11,16H2,1-2H3. The quantitative estimate of drug-likeness (QED) is 0.811. The highest BCUT2D eigenvalue weighted by Gasteiger charge is 2.22.